The van der Waals surface area contributed by atoms with Crippen molar-refractivity contribution in [1.82, 2.24) is 15.6 Å². The maximum absolute atomic E-state index is 12.5. The summed E-state index contributed by atoms with van der Waals surface area (Å²) in [4.78, 5) is 29.7. The van der Waals surface area contributed by atoms with Crippen LogP contribution in [-0.4, -0.2) is 43.5 Å². The van der Waals surface area contributed by atoms with Crippen LogP contribution in [-0.2, 0) is 9.59 Å². The molecule has 1 aromatic heterocycles. The van der Waals surface area contributed by atoms with Gasteiger partial charge in [-0.2, -0.15) is 0 Å². The quantitative estimate of drug-likeness (QED) is 0.653. The Labute approximate surface area is 165 Å². The zero-order valence-electron chi connectivity index (χ0n) is 14.1. The number of anilines is 1. The van der Waals surface area contributed by atoms with Crippen LogP contribution >= 0.6 is 34.5 Å². The first-order valence-electron chi connectivity index (χ1n) is 7.69. The molecule has 0 spiro atoms. The molecule has 0 fully saturated rings. The average Bonchev–Trinajstić information content (AvgIpc) is 3.11. The van der Waals surface area contributed by atoms with Gasteiger partial charge in [0.1, 0.15) is 0 Å². The molecular formula is C17H18Cl2N4O2S. The molecule has 9 heteroatoms. The number of aromatic nitrogens is 1. The Kier molecular flexibility index (Phi) is 7.59. The fourth-order valence-electron chi connectivity index (χ4n) is 2.06. The molecule has 0 aliphatic rings. The van der Waals surface area contributed by atoms with Gasteiger partial charge in [-0.1, -0.05) is 35.3 Å². The minimum Gasteiger partial charge on any atom is -0.358 e. The van der Waals surface area contributed by atoms with Crippen molar-refractivity contribution in [2.75, 3.05) is 31.6 Å². The molecule has 0 saturated carbocycles. The molecule has 26 heavy (non-hydrogen) atoms. The average molecular weight is 413 g/mol. The molecule has 2 rings (SSSR count). The van der Waals surface area contributed by atoms with E-state index in [4.69, 9.17) is 23.2 Å². The lowest BCUT2D eigenvalue weighted by Crippen LogP contribution is -2.41. The number of carbonyl (C=O) groups excluding carboxylic acids is 2. The highest BCUT2D eigenvalue weighted by molar-refractivity contribution is 7.14. The van der Waals surface area contributed by atoms with Gasteiger partial charge in [-0.15, -0.1) is 17.9 Å². The number of hydrogen-bond donors (Lipinski definition) is 2. The highest BCUT2D eigenvalue weighted by atomic mass is 35.5. The molecule has 138 valence electrons. The highest BCUT2D eigenvalue weighted by Crippen LogP contribution is 2.31. The summed E-state index contributed by atoms with van der Waals surface area (Å²) >= 11 is 13.3. The van der Waals surface area contributed by atoms with Crippen LogP contribution in [0.3, 0.4) is 0 Å². The maximum Gasteiger partial charge on any atom is 0.243 e. The van der Waals surface area contributed by atoms with E-state index in [9.17, 15) is 9.59 Å². The van der Waals surface area contributed by atoms with E-state index in [0.29, 0.717) is 27.4 Å². The third-order valence-electron chi connectivity index (χ3n) is 3.39. The summed E-state index contributed by atoms with van der Waals surface area (Å²) in [5.41, 5.74) is 1.51. The van der Waals surface area contributed by atoms with Crippen LogP contribution in [0, 0.1) is 0 Å². The number of hydrogen-bond acceptors (Lipinski definition) is 5. The molecule has 0 radical (unpaired) electrons. The van der Waals surface area contributed by atoms with Gasteiger partial charge in [-0.25, -0.2) is 4.98 Å². The SMILES string of the molecule is C=CCN(C(=O)CNCC(=O)NC)c1nc(-c2ccc(Cl)c(Cl)c2)cs1. The molecule has 0 bridgehead atoms. The Morgan fingerprint density at radius 2 is 2.08 bits per heavy atom. The van der Waals surface area contributed by atoms with Crippen molar-refractivity contribution in [2.24, 2.45) is 0 Å². The number of thiazole rings is 1. The van der Waals surface area contributed by atoms with E-state index < -0.39 is 0 Å². The van der Waals surface area contributed by atoms with E-state index in [0.717, 1.165) is 5.56 Å². The van der Waals surface area contributed by atoms with Gasteiger partial charge in [0, 0.05) is 24.5 Å². The Hall–Kier alpha value is -1.93. The molecule has 0 atom stereocenters. The molecule has 6 nitrogen and oxygen atoms in total. The minimum absolute atomic E-state index is 0.0168. The molecule has 0 unspecified atom stereocenters. The van der Waals surface area contributed by atoms with Crippen LogP contribution in [0.1, 0.15) is 0 Å². The summed E-state index contributed by atoms with van der Waals surface area (Å²) in [5.74, 6) is -0.395. The van der Waals surface area contributed by atoms with E-state index in [1.165, 1.54) is 23.3 Å². The Balaban J connectivity index is 2.13. The van der Waals surface area contributed by atoms with E-state index in [-0.39, 0.29) is 24.9 Å². The lowest BCUT2D eigenvalue weighted by atomic mass is 10.2. The molecule has 1 aromatic carbocycles. The fourth-order valence-corrected chi connectivity index (χ4v) is 3.22. The molecule has 2 amide bonds. The van der Waals surface area contributed by atoms with Crippen molar-refractivity contribution in [3.05, 3.63) is 46.3 Å². The molecule has 0 saturated heterocycles. The van der Waals surface area contributed by atoms with Crippen LogP contribution in [0.25, 0.3) is 11.3 Å². The van der Waals surface area contributed by atoms with Crippen molar-refractivity contribution in [3.63, 3.8) is 0 Å². The lowest BCUT2D eigenvalue weighted by molar-refractivity contribution is -0.120. The topological polar surface area (TPSA) is 74.3 Å². The van der Waals surface area contributed by atoms with E-state index >= 15 is 0 Å². The highest BCUT2D eigenvalue weighted by Gasteiger charge is 2.18. The van der Waals surface area contributed by atoms with Gasteiger partial charge in [0.05, 0.1) is 28.8 Å². The van der Waals surface area contributed by atoms with Crippen molar-refractivity contribution in [1.29, 1.82) is 0 Å². The van der Waals surface area contributed by atoms with E-state index in [1.54, 1.807) is 18.2 Å². The third-order valence-corrected chi connectivity index (χ3v) is 4.99. The predicted molar refractivity (Wildman–Crippen MR) is 107 cm³/mol. The summed E-state index contributed by atoms with van der Waals surface area (Å²) < 4.78 is 0. The van der Waals surface area contributed by atoms with Crippen molar-refractivity contribution in [3.8, 4) is 11.3 Å². The summed E-state index contributed by atoms with van der Waals surface area (Å²) in [6.07, 6.45) is 1.62. The molecular weight excluding hydrogens is 395 g/mol. The summed E-state index contributed by atoms with van der Waals surface area (Å²) in [6, 6.07) is 5.25. The standard InChI is InChI=1S/C17H18Cl2N4O2S/c1-3-6-23(16(25)9-21-8-15(24)20-2)17-22-14(10-26-17)11-4-5-12(18)13(19)7-11/h3-5,7,10,21H,1,6,8-9H2,2H3,(H,20,24). The van der Waals surface area contributed by atoms with E-state index in [1.807, 2.05) is 11.4 Å². The predicted octanol–water partition coefficient (Wildman–Crippen LogP) is 2.97. The van der Waals surface area contributed by atoms with Gasteiger partial charge in [0.25, 0.3) is 0 Å². The second-order valence-electron chi connectivity index (χ2n) is 5.21. The first-order valence-corrected chi connectivity index (χ1v) is 9.33. The number of halogens is 2. The summed E-state index contributed by atoms with van der Waals surface area (Å²) in [6.45, 7) is 4.08. The molecule has 2 aromatic rings. The smallest absolute Gasteiger partial charge is 0.243 e. The lowest BCUT2D eigenvalue weighted by Gasteiger charge is -2.18. The number of benzene rings is 1. The number of carbonyl (C=O) groups is 2. The zero-order valence-corrected chi connectivity index (χ0v) is 16.4. The van der Waals surface area contributed by atoms with E-state index in [2.05, 4.69) is 22.2 Å². The third kappa shape index (κ3) is 5.28. The second kappa shape index (κ2) is 9.68. The molecule has 0 aliphatic carbocycles. The number of nitrogens with zero attached hydrogens (tertiary/aromatic N) is 2. The van der Waals surface area contributed by atoms with Crippen LogP contribution in [0.2, 0.25) is 10.0 Å². The largest absolute Gasteiger partial charge is 0.358 e. The van der Waals surface area contributed by atoms with Gasteiger partial charge in [0.15, 0.2) is 5.13 Å². The van der Waals surface area contributed by atoms with Crippen LogP contribution in [0.5, 0.6) is 0 Å². The molecule has 1 heterocycles. The van der Waals surface area contributed by atoms with Crippen LogP contribution in [0.4, 0.5) is 5.13 Å². The molecule has 0 aliphatic heterocycles. The fraction of sp³-hybridized carbons (Fsp3) is 0.235. The monoisotopic (exact) mass is 412 g/mol. The minimum atomic E-state index is -0.205. The van der Waals surface area contributed by atoms with Crippen LogP contribution in [0.15, 0.2) is 36.2 Å². The Morgan fingerprint density at radius 1 is 1.31 bits per heavy atom. The normalized spacial score (nSPS) is 10.4. The van der Waals surface area contributed by atoms with Gasteiger partial charge in [-0.05, 0) is 12.1 Å². The second-order valence-corrected chi connectivity index (χ2v) is 6.86. The maximum atomic E-state index is 12.5. The number of nitrogens with one attached hydrogen (secondary N) is 2. The Morgan fingerprint density at radius 3 is 2.73 bits per heavy atom. The first kappa shape index (κ1) is 20.4. The van der Waals surface area contributed by atoms with Gasteiger partial charge < -0.3 is 5.32 Å². The number of rotatable bonds is 8. The zero-order chi connectivity index (χ0) is 19.1. The first-order chi connectivity index (χ1) is 12.5. The van der Waals surface area contributed by atoms with Gasteiger partial charge >= 0.3 is 0 Å². The van der Waals surface area contributed by atoms with Crippen LogP contribution < -0.4 is 15.5 Å². The molecule has 2 N–H and O–H groups in total. The van der Waals surface area contributed by atoms with Crippen molar-refractivity contribution in [2.45, 2.75) is 0 Å². The number of amides is 2. The van der Waals surface area contributed by atoms with Crippen molar-refractivity contribution < 1.29 is 9.59 Å². The van der Waals surface area contributed by atoms with Crippen molar-refractivity contribution >= 4 is 51.5 Å². The summed E-state index contributed by atoms with van der Waals surface area (Å²) in [7, 11) is 1.54. The summed E-state index contributed by atoms with van der Waals surface area (Å²) in [5, 5.41) is 8.58. The Bertz CT molecular complexity index is 810. The van der Waals surface area contributed by atoms with Gasteiger partial charge in [-0.3, -0.25) is 19.8 Å². The number of likely N-dealkylation sites (N-methyl/N-ethyl adjacent to an activating group) is 1. The van der Waals surface area contributed by atoms with Gasteiger partial charge in [0.2, 0.25) is 11.8 Å².